The summed E-state index contributed by atoms with van der Waals surface area (Å²) in [5.74, 6) is -1.15. The van der Waals surface area contributed by atoms with E-state index in [-0.39, 0.29) is 0 Å². The largest absolute Gasteiger partial charge is 0.479 e. The van der Waals surface area contributed by atoms with E-state index in [9.17, 15) is 9.59 Å². The number of aryl methyl sites for hydroxylation is 1. The number of rotatable bonds is 6. The first-order valence-corrected chi connectivity index (χ1v) is 5.62. The van der Waals surface area contributed by atoms with Crippen molar-refractivity contribution in [2.24, 2.45) is 0 Å². The van der Waals surface area contributed by atoms with E-state index in [1.165, 1.54) is 0 Å². The molecule has 0 heterocycles. The Labute approximate surface area is 105 Å². The molecule has 2 amide bonds. The second kappa shape index (κ2) is 7.29. The number of carbonyl (C=O) groups is 2. The fraction of sp³-hybridized carbons (Fsp3) is 0.333. The van der Waals surface area contributed by atoms with E-state index in [2.05, 4.69) is 10.2 Å². The maximum atomic E-state index is 11.4. The van der Waals surface area contributed by atoms with Crippen molar-refractivity contribution in [1.29, 1.82) is 0 Å². The zero-order valence-electron chi connectivity index (χ0n) is 10.1. The molecular weight excluding hydrogens is 236 g/mol. The van der Waals surface area contributed by atoms with E-state index in [1.807, 2.05) is 30.6 Å². The van der Waals surface area contributed by atoms with Crippen LogP contribution in [-0.4, -0.2) is 23.7 Å². The average molecular weight is 252 g/mol. The molecule has 0 saturated carbocycles. The standard InChI is InChI=1S/C12H16N2O4/c1-2-5-9-6-3-4-7-10(9)13-12(17)14-18-8-11(15)16/h3-4,6-7H,2,5,8H2,1H3,(H,15,16)(H2,13,14,17). The molecule has 0 bridgehead atoms. The van der Waals surface area contributed by atoms with Crippen LogP contribution in [-0.2, 0) is 16.1 Å². The van der Waals surface area contributed by atoms with Gasteiger partial charge in [0.15, 0.2) is 6.61 Å². The van der Waals surface area contributed by atoms with Crippen LogP contribution >= 0.6 is 0 Å². The van der Waals surface area contributed by atoms with Crippen LogP contribution in [0.1, 0.15) is 18.9 Å². The fourth-order valence-corrected chi connectivity index (χ4v) is 1.44. The minimum absolute atomic E-state index is 0.579. The summed E-state index contributed by atoms with van der Waals surface area (Å²) in [6, 6.07) is 6.82. The highest BCUT2D eigenvalue weighted by Gasteiger charge is 2.06. The van der Waals surface area contributed by atoms with Gasteiger partial charge in [0, 0.05) is 5.69 Å². The zero-order chi connectivity index (χ0) is 13.4. The van der Waals surface area contributed by atoms with E-state index in [0.29, 0.717) is 5.69 Å². The van der Waals surface area contributed by atoms with Gasteiger partial charge in [0.25, 0.3) is 0 Å². The first kappa shape index (κ1) is 14.0. The zero-order valence-corrected chi connectivity index (χ0v) is 10.1. The highest BCUT2D eigenvalue weighted by atomic mass is 16.7. The number of carboxylic acid groups (broad SMARTS) is 1. The van der Waals surface area contributed by atoms with Crippen LogP contribution in [0.4, 0.5) is 10.5 Å². The van der Waals surface area contributed by atoms with Gasteiger partial charge in [0.05, 0.1) is 0 Å². The van der Waals surface area contributed by atoms with Crippen molar-refractivity contribution in [2.45, 2.75) is 19.8 Å². The molecule has 0 aliphatic carbocycles. The third-order valence-corrected chi connectivity index (χ3v) is 2.15. The van der Waals surface area contributed by atoms with Crippen LogP contribution in [0.15, 0.2) is 24.3 Å². The first-order valence-electron chi connectivity index (χ1n) is 5.62. The van der Waals surface area contributed by atoms with Crippen molar-refractivity contribution < 1.29 is 19.5 Å². The molecule has 0 aliphatic heterocycles. The van der Waals surface area contributed by atoms with E-state index in [1.54, 1.807) is 6.07 Å². The van der Waals surface area contributed by atoms with Gasteiger partial charge in [-0.25, -0.2) is 15.1 Å². The number of amides is 2. The Morgan fingerprint density at radius 2 is 2.06 bits per heavy atom. The number of urea groups is 1. The highest BCUT2D eigenvalue weighted by Crippen LogP contribution is 2.16. The highest BCUT2D eigenvalue weighted by molar-refractivity contribution is 5.89. The quantitative estimate of drug-likeness (QED) is 0.673. The number of anilines is 1. The molecule has 0 atom stereocenters. The summed E-state index contributed by atoms with van der Waals surface area (Å²) in [5.41, 5.74) is 3.71. The number of hydrogen-bond donors (Lipinski definition) is 3. The van der Waals surface area contributed by atoms with Gasteiger partial charge in [-0.3, -0.25) is 4.84 Å². The number of aliphatic carboxylic acids is 1. The predicted molar refractivity (Wildman–Crippen MR) is 66.2 cm³/mol. The Bertz CT molecular complexity index is 420. The molecule has 0 aliphatic rings. The summed E-state index contributed by atoms with van der Waals surface area (Å²) in [7, 11) is 0. The van der Waals surface area contributed by atoms with E-state index in [4.69, 9.17) is 5.11 Å². The predicted octanol–water partition coefficient (Wildman–Crippen LogP) is 1.78. The lowest BCUT2D eigenvalue weighted by Crippen LogP contribution is -2.31. The van der Waals surface area contributed by atoms with Crippen molar-refractivity contribution in [3.63, 3.8) is 0 Å². The molecule has 0 saturated heterocycles. The number of hydrogen-bond acceptors (Lipinski definition) is 3. The molecule has 6 nitrogen and oxygen atoms in total. The van der Waals surface area contributed by atoms with Crippen LogP contribution in [0.3, 0.4) is 0 Å². The van der Waals surface area contributed by atoms with Gasteiger partial charge < -0.3 is 10.4 Å². The topological polar surface area (TPSA) is 87.7 Å². The van der Waals surface area contributed by atoms with E-state index >= 15 is 0 Å². The van der Waals surface area contributed by atoms with E-state index < -0.39 is 18.6 Å². The Balaban J connectivity index is 2.50. The number of hydroxylamine groups is 1. The first-order chi connectivity index (χ1) is 8.63. The van der Waals surface area contributed by atoms with Crippen LogP contribution in [0.5, 0.6) is 0 Å². The summed E-state index contributed by atoms with van der Waals surface area (Å²) in [6.07, 6.45) is 1.82. The van der Waals surface area contributed by atoms with E-state index in [0.717, 1.165) is 18.4 Å². The molecule has 1 aromatic rings. The Morgan fingerprint density at radius 3 is 2.72 bits per heavy atom. The Kier molecular flexibility index (Phi) is 5.66. The monoisotopic (exact) mass is 252 g/mol. The number of nitrogens with one attached hydrogen (secondary N) is 2. The van der Waals surface area contributed by atoms with Crippen molar-refractivity contribution >= 4 is 17.7 Å². The molecule has 0 spiro atoms. The van der Waals surface area contributed by atoms with Gasteiger partial charge in [0.2, 0.25) is 0 Å². The third kappa shape index (κ3) is 4.84. The summed E-state index contributed by atoms with van der Waals surface area (Å²) in [6.45, 7) is 1.47. The second-order valence-electron chi connectivity index (χ2n) is 3.65. The number of para-hydroxylation sites is 1. The molecule has 18 heavy (non-hydrogen) atoms. The minimum Gasteiger partial charge on any atom is -0.479 e. The molecular formula is C12H16N2O4. The molecule has 98 valence electrons. The lowest BCUT2D eigenvalue weighted by molar-refractivity contribution is -0.143. The minimum atomic E-state index is -1.15. The van der Waals surface area contributed by atoms with Gasteiger partial charge in [-0.2, -0.15) is 0 Å². The van der Waals surface area contributed by atoms with Crippen molar-refractivity contribution in [3.05, 3.63) is 29.8 Å². The molecule has 3 N–H and O–H groups in total. The van der Waals surface area contributed by atoms with Crippen LogP contribution in [0.2, 0.25) is 0 Å². The summed E-state index contributed by atoms with van der Waals surface area (Å²) in [4.78, 5) is 26.1. The SMILES string of the molecule is CCCc1ccccc1NC(=O)NOCC(=O)O. The number of benzene rings is 1. The van der Waals surface area contributed by atoms with Crippen LogP contribution in [0, 0.1) is 0 Å². The molecule has 6 heteroatoms. The summed E-state index contributed by atoms with van der Waals surface area (Å²) >= 11 is 0. The smallest absolute Gasteiger partial charge is 0.343 e. The maximum Gasteiger partial charge on any atom is 0.343 e. The summed E-state index contributed by atoms with van der Waals surface area (Å²) < 4.78 is 0. The molecule has 0 fully saturated rings. The van der Waals surface area contributed by atoms with Gasteiger partial charge in [-0.05, 0) is 18.1 Å². The third-order valence-electron chi connectivity index (χ3n) is 2.15. The van der Waals surface area contributed by atoms with Crippen molar-refractivity contribution in [3.8, 4) is 0 Å². The average Bonchev–Trinajstić information content (AvgIpc) is 2.31. The normalized spacial score (nSPS) is 9.83. The van der Waals surface area contributed by atoms with Gasteiger partial charge in [0.1, 0.15) is 0 Å². The Morgan fingerprint density at radius 1 is 1.33 bits per heavy atom. The molecule has 1 rings (SSSR count). The van der Waals surface area contributed by atoms with Crippen molar-refractivity contribution in [1.82, 2.24) is 5.48 Å². The fourth-order valence-electron chi connectivity index (χ4n) is 1.44. The van der Waals surface area contributed by atoms with Crippen LogP contribution < -0.4 is 10.8 Å². The maximum absolute atomic E-state index is 11.4. The Hall–Kier alpha value is -2.08. The van der Waals surface area contributed by atoms with Gasteiger partial charge in [-0.15, -0.1) is 0 Å². The number of carboxylic acids is 1. The second-order valence-corrected chi connectivity index (χ2v) is 3.65. The van der Waals surface area contributed by atoms with Crippen LogP contribution in [0.25, 0.3) is 0 Å². The number of carbonyl (C=O) groups excluding carboxylic acids is 1. The van der Waals surface area contributed by atoms with Gasteiger partial charge >= 0.3 is 12.0 Å². The van der Waals surface area contributed by atoms with Crippen molar-refractivity contribution in [2.75, 3.05) is 11.9 Å². The molecule has 0 unspecified atom stereocenters. The van der Waals surface area contributed by atoms with Gasteiger partial charge in [-0.1, -0.05) is 31.5 Å². The molecule has 0 radical (unpaired) electrons. The molecule has 1 aromatic carbocycles. The summed E-state index contributed by atoms with van der Waals surface area (Å²) in [5, 5.41) is 10.9. The lowest BCUT2D eigenvalue weighted by atomic mass is 10.1. The lowest BCUT2D eigenvalue weighted by Gasteiger charge is -2.10. The molecule has 0 aromatic heterocycles.